The van der Waals surface area contributed by atoms with Crippen LogP contribution in [0.2, 0.25) is 0 Å². The van der Waals surface area contributed by atoms with Crippen LogP contribution < -0.4 is 5.32 Å². The minimum absolute atomic E-state index is 0.169. The summed E-state index contributed by atoms with van der Waals surface area (Å²) in [7, 11) is 0. The lowest BCUT2D eigenvalue weighted by atomic mass is 10.1. The fourth-order valence-electron chi connectivity index (χ4n) is 1.10. The molecule has 72 valence electrons. The number of ketones is 1. The van der Waals surface area contributed by atoms with Crippen molar-refractivity contribution in [3.63, 3.8) is 0 Å². The highest BCUT2D eigenvalue weighted by atomic mass is 16.1. The third kappa shape index (κ3) is 2.26. The first-order valence-electron chi connectivity index (χ1n) is 4.05. The topological polar surface area (TPSA) is 63.2 Å². The number of nitrogens with one attached hydrogen (secondary N) is 1. The average molecular weight is 191 g/mol. The molecule has 4 heteroatoms. The fraction of sp³-hybridized carbons (Fsp3) is 0.100. The molecule has 0 heterocycles. The van der Waals surface area contributed by atoms with E-state index in [-0.39, 0.29) is 12.2 Å². The highest BCUT2D eigenvalue weighted by Gasteiger charge is 2.09. The van der Waals surface area contributed by atoms with Gasteiger partial charge >= 0.3 is 0 Å². The highest BCUT2D eigenvalue weighted by molar-refractivity contribution is 6.07. The average Bonchev–Trinajstić information content (AvgIpc) is 2.19. The Morgan fingerprint density at radius 1 is 1.29 bits per heavy atom. The van der Waals surface area contributed by atoms with E-state index in [9.17, 15) is 14.4 Å². The number of carbonyl (C=O) groups excluding carboxylic acids is 3. The maximum Gasteiger partial charge on any atom is 0.211 e. The Morgan fingerprint density at radius 2 is 2.00 bits per heavy atom. The first kappa shape index (κ1) is 10.1. The van der Waals surface area contributed by atoms with Crippen LogP contribution in [0.5, 0.6) is 0 Å². The largest absolute Gasteiger partial charge is 0.328 e. The van der Waals surface area contributed by atoms with Gasteiger partial charge in [-0.25, -0.2) is 0 Å². The summed E-state index contributed by atoms with van der Waals surface area (Å²) in [5, 5.41) is 2.40. The number of carbonyl (C=O) groups is 3. The van der Waals surface area contributed by atoms with Gasteiger partial charge in [0, 0.05) is 5.56 Å². The number of amides is 1. The molecule has 1 rings (SSSR count). The molecule has 14 heavy (non-hydrogen) atoms. The number of rotatable bonds is 5. The molecule has 0 aliphatic heterocycles. The molecule has 4 nitrogen and oxygen atoms in total. The quantitative estimate of drug-likeness (QED) is 0.429. The zero-order chi connectivity index (χ0) is 10.4. The lowest BCUT2D eigenvalue weighted by Crippen LogP contribution is -2.05. The molecule has 1 N–H and O–H groups in total. The summed E-state index contributed by atoms with van der Waals surface area (Å²) in [6, 6.07) is 6.54. The predicted molar refractivity (Wildman–Crippen MR) is 51.1 cm³/mol. The molecule has 0 spiro atoms. The van der Waals surface area contributed by atoms with Gasteiger partial charge in [0.05, 0.1) is 12.1 Å². The van der Waals surface area contributed by atoms with Crippen LogP contribution in [0.15, 0.2) is 24.3 Å². The predicted octanol–water partition coefficient (Wildman–Crippen LogP) is 1.03. The summed E-state index contributed by atoms with van der Waals surface area (Å²) >= 11 is 0. The molecule has 0 radical (unpaired) electrons. The molecule has 1 aromatic rings. The normalized spacial score (nSPS) is 9.14. The van der Waals surface area contributed by atoms with Gasteiger partial charge in [-0.2, -0.15) is 0 Å². The van der Waals surface area contributed by atoms with Crippen molar-refractivity contribution in [2.75, 3.05) is 5.32 Å². The minimum Gasteiger partial charge on any atom is -0.328 e. The third-order valence-electron chi connectivity index (χ3n) is 1.71. The van der Waals surface area contributed by atoms with Crippen molar-refractivity contribution in [1.29, 1.82) is 0 Å². The summed E-state index contributed by atoms with van der Waals surface area (Å²) in [5.74, 6) is -0.301. The monoisotopic (exact) mass is 191 g/mol. The van der Waals surface area contributed by atoms with Crippen LogP contribution >= 0.6 is 0 Å². The van der Waals surface area contributed by atoms with Crippen LogP contribution in [0.3, 0.4) is 0 Å². The molecule has 0 fully saturated rings. The van der Waals surface area contributed by atoms with E-state index in [4.69, 9.17) is 0 Å². The SMILES string of the molecule is O=CCC(=O)c1ccccc1NC=O. The molecular formula is C10H9NO3. The molecule has 0 bridgehead atoms. The van der Waals surface area contributed by atoms with E-state index in [2.05, 4.69) is 5.32 Å². The van der Waals surface area contributed by atoms with E-state index < -0.39 is 0 Å². The van der Waals surface area contributed by atoms with Gasteiger partial charge in [0.1, 0.15) is 6.29 Å². The number of Topliss-reactive ketones (excluding diaryl/α,β-unsaturated/α-hetero) is 1. The van der Waals surface area contributed by atoms with Gasteiger partial charge in [-0.3, -0.25) is 9.59 Å². The maximum atomic E-state index is 11.4. The lowest BCUT2D eigenvalue weighted by molar-refractivity contribution is -0.107. The fourth-order valence-corrected chi connectivity index (χ4v) is 1.10. The van der Waals surface area contributed by atoms with Crippen molar-refractivity contribution in [1.82, 2.24) is 0 Å². The van der Waals surface area contributed by atoms with Crippen molar-refractivity contribution in [2.24, 2.45) is 0 Å². The summed E-state index contributed by atoms with van der Waals surface area (Å²) in [6.07, 6.45) is 0.866. The second kappa shape index (κ2) is 4.91. The molecule has 0 aliphatic rings. The molecule has 1 amide bonds. The van der Waals surface area contributed by atoms with Crippen LogP contribution in [-0.4, -0.2) is 18.5 Å². The highest BCUT2D eigenvalue weighted by Crippen LogP contribution is 2.15. The first-order chi connectivity index (χ1) is 6.79. The van der Waals surface area contributed by atoms with Gasteiger partial charge in [-0.1, -0.05) is 12.1 Å². The first-order valence-corrected chi connectivity index (χ1v) is 4.05. The van der Waals surface area contributed by atoms with Crippen molar-refractivity contribution in [2.45, 2.75) is 6.42 Å². The van der Waals surface area contributed by atoms with Crippen LogP contribution in [-0.2, 0) is 9.59 Å². The van der Waals surface area contributed by atoms with Crippen LogP contribution in [0.25, 0.3) is 0 Å². The molecule has 0 saturated carbocycles. The number of benzene rings is 1. The molecule has 0 unspecified atom stereocenters. The zero-order valence-electron chi connectivity index (χ0n) is 7.40. The summed E-state index contributed by atoms with van der Waals surface area (Å²) in [4.78, 5) is 31.7. The lowest BCUT2D eigenvalue weighted by Gasteiger charge is -2.04. The van der Waals surface area contributed by atoms with E-state index in [1.165, 1.54) is 0 Å². The van der Waals surface area contributed by atoms with Crippen LogP contribution in [0, 0.1) is 0 Å². The minimum atomic E-state index is -0.301. The van der Waals surface area contributed by atoms with Gasteiger partial charge in [0.25, 0.3) is 0 Å². The number of hydrogen-bond donors (Lipinski definition) is 1. The Bertz CT molecular complexity index is 360. The van der Waals surface area contributed by atoms with Gasteiger partial charge in [-0.05, 0) is 12.1 Å². The number of anilines is 1. The van der Waals surface area contributed by atoms with E-state index in [1.54, 1.807) is 24.3 Å². The second-order valence-electron chi connectivity index (χ2n) is 2.60. The Morgan fingerprint density at radius 3 is 2.64 bits per heavy atom. The molecule has 0 atom stereocenters. The molecule has 0 aliphatic carbocycles. The Hall–Kier alpha value is -1.97. The van der Waals surface area contributed by atoms with Crippen molar-refractivity contribution in [3.05, 3.63) is 29.8 Å². The van der Waals surface area contributed by atoms with E-state index in [1.807, 2.05) is 0 Å². The molecule has 0 saturated heterocycles. The second-order valence-corrected chi connectivity index (χ2v) is 2.60. The molecule has 0 aromatic heterocycles. The smallest absolute Gasteiger partial charge is 0.211 e. The summed E-state index contributed by atoms with van der Waals surface area (Å²) < 4.78 is 0. The van der Waals surface area contributed by atoms with Crippen molar-refractivity contribution >= 4 is 24.2 Å². The van der Waals surface area contributed by atoms with Gasteiger partial charge in [0.2, 0.25) is 6.41 Å². The van der Waals surface area contributed by atoms with Gasteiger partial charge in [0.15, 0.2) is 5.78 Å². The van der Waals surface area contributed by atoms with E-state index in [0.717, 1.165) is 0 Å². The zero-order valence-corrected chi connectivity index (χ0v) is 7.40. The molecule has 1 aromatic carbocycles. The molecular weight excluding hydrogens is 182 g/mol. The van der Waals surface area contributed by atoms with Crippen LogP contribution in [0.1, 0.15) is 16.8 Å². The Balaban J connectivity index is 2.99. The summed E-state index contributed by atoms with van der Waals surface area (Å²) in [6.45, 7) is 0. The Kier molecular flexibility index (Phi) is 3.55. The summed E-state index contributed by atoms with van der Waals surface area (Å²) in [5.41, 5.74) is 0.779. The van der Waals surface area contributed by atoms with E-state index in [0.29, 0.717) is 23.9 Å². The maximum absolute atomic E-state index is 11.4. The Labute approximate surface area is 80.9 Å². The van der Waals surface area contributed by atoms with Crippen LogP contribution in [0.4, 0.5) is 5.69 Å². The number of hydrogen-bond acceptors (Lipinski definition) is 3. The number of aldehydes is 1. The van der Waals surface area contributed by atoms with Gasteiger partial charge < -0.3 is 10.1 Å². The standard InChI is InChI=1S/C10H9NO3/c12-6-5-10(14)8-3-1-2-4-9(8)11-7-13/h1-4,6-7H,5H2,(H,11,13). The number of para-hydroxylation sites is 1. The van der Waals surface area contributed by atoms with Crippen molar-refractivity contribution in [3.8, 4) is 0 Å². The van der Waals surface area contributed by atoms with Gasteiger partial charge in [-0.15, -0.1) is 0 Å². The van der Waals surface area contributed by atoms with E-state index >= 15 is 0 Å². The van der Waals surface area contributed by atoms with Crippen molar-refractivity contribution < 1.29 is 14.4 Å². The third-order valence-corrected chi connectivity index (χ3v) is 1.71.